The Morgan fingerprint density at radius 1 is 0.255 bits per heavy atom. The first-order valence-electron chi connectivity index (χ1n) is 17.7. The van der Waals surface area contributed by atoms with E-state index in [1.807, 2.05) is 0 Å². The Morgan fingerprint density at radius 2 is 0.843 bits per heavy atom. The van der Waals surface area contributed by atoms with Crippen LogP contribution in [0.3, 0.4) is 0 Å². The first-order chi connectivity index (χ1) is 25.3. The molecule has 1 heteroatoms. The van der Waals surface area contributed by atoms with Crippen molar-refractivity contribution in [3.63, 3.8) is 0 Å². The molecule has 1 heterocycles. The lowest BCUT2D eigenvalue weighted by molar-refractivity contribution is 0.670. The van der Waals surface area contributed by atoms with Gasteiger partial charge in [-0.05, 0) is 116 Å². The Hall–Kier alpha value is -6.70. The maximum Gasteiger partial charge on any atom is 0.143 e. The van der Waals surface area contributed by atoms with Crippen LogP contribution in [0.5, 0.6) is 0 Å². The summed E-state index contributed by atoms with van der Waals surface area (Å²) >= 11 is 0. The summed E-state index contributed by atoms with van der Waals surface area (Å²) in [5, 5.41) is 20.0. The highest BCUT2D eigenvalue weighted by atomic mass is 16.3. The fourth-order valence-corrected chi connectivity index (χ4v) is 9.07. The molecule has 0 N–H and O–H groups in total. The van der Waals surface area contributed by atoms with Crippen LogP contribution < -0.4 is 0 Å². The average molecular weight is 645 g/mol. The summed E-state index contributed by atoms with van der Waals surface area (Å²) < 4.78 is 7.06. The van der Waals surface area contributed by atoms with E-state index in [0.29, 0.717) is 0 Å². The summed E-state index contributed by atoms with van der Waals surface area (Å²) in [6, 6.07) is 62.6. The molecular formula is C50H28O. The SMILES string of the molecule is c1ccc2cc3c(cc2c1)oc1c(-c2cc4ccc5ccccc5c4c4ccccc24)ccc(-c2ccc4ccc5cccc6ccc2c4c56)c13. The van der Waals surface area contributed by atoms with Crippen LogP contribution in [0.25, 0.3) is 120 Å². The summed E-state index contributed by atoms with van der Waals surface area (Å²) in [7, 11) is 0. The van der Waals surface area contributed by atoms with Crippen LogP contribution in [-0.4, -0.2) is 0 Å². The normalized spacial score (nSPS) is 12.3. The monoisotopic (exact) mass is 644 g/mol. The van der Waals surface area contributed by atoms with Crippen molar-refractivity contribution in [2.75, 3.05) is 0 Å². The highest BCUT2D eigenvalue weighted by Gasteiger charge is 2.22. The zero-order valence-electron chi connectivity index (χ0n) is 27.6. The van der Waals surface area contributed by atoms with Gasteiger partial charge in [0.05, 0.1) is 0 Å². The number of hydrogen-bond acceptors (Lipinski definition) is 1. The largest absolute Gasteiger partial charge is 0.455 e. The van der Waals surface area contributed by atoms with Gasteiger partial charge in [0.1, 0.15) is 11.2 Å². The Morgan fingerprint density at radius 3 is 1.69 bits per heavy atom. The van der Waals surface area contributed by atoms with Crippen LogP contribution in [0, 0.1) is 0 Å². The van der Waals surface area contributed by atoms with Gasteiger partial charge < -0.3 is 4.42 Å². The molecule has 0 amide bonds. The molecule has 0 atom stereocenters. The molecule has 0 spiro atoms. The van der Waals surface area contributed by atoms with Crippen molar-refractivity contribution in [1.29, 1.82) is 0 Å². The van der Waals surface area contributed by atoms with E-state index in [0.717, 1.165) is 27.5 Å². The molecule has 12 rings (SSSR count). The van der Waals surface area contributed by atoms with Gasteiger partial charge in [0.15, 0.2) is 0 Å². The average Bonchev–Trinajstić information content (AvgIpc) is 3.56. The Balaban J connectivity index is 1.23. The Kier molecular flexibility index (Phi) is 5.29. The van der Waals surface area contributed by atoms with Crippen LogP contribution in [0.1, 0.15) is 0 Å². The van der Waals surface area contributed by atoms with E-state index in [-0.39, 0.29) is 0 Å². The predicted octanol–water partition coefficient (Wildman–Crippen LogP) is 14.4. The predicted molar refractivity (Wildman–Crippen MR) is 218 cm³/mol. The van der Waals surface area contributed by atoms with Crippen molar-refractivity contribution in [2.24, 2.45) is 0 Å². The van der Waals surface area contributed by atoms with Gasteiger partial charge in [-0.1, -0.05) is 146 Å². The highest BCUT2D eigenvalue weighted by Crippen LogP contribution is 2.48. The standard InChI is InChI=1S/C50H28O/c1-2-10-34-28-45-44(26-33(34)9-1)49-41(38-22-20-32-18-17-30-11-7-12-31-21-23-40(38)48(32)46(30)31)24-25-42(50(49)51-45)43-27-35-19-16-29-8-3-4-13-36(29)47(35)39-15-6-5-14-37(39)43/h1-28H. The summed E-state index contributed by atoms with van der Waals surface area (Å²) in [6.07, 6.45) is 0. The Labute approximate surface area is 292 Å². The maximum atomic E-state index is 7.06. The van der Waals surface area contributed by atoms with Gasteiger partial charge in [-0.15, -0.1) is 0 Å². The number of benzene rings is 11. The van der Waals surface area contributed by atoms with Crippen LogP contribution in [0.2, 0.25) is 0 Å². The van der Waals surface area contributed by atoms with Crippen molar-refractivity contribution >= 4 is 97.3 Å². The lowest BCUT2D eigenvalue weighted by Gasteiger charge is -2.16. The summed E-state index contributed by atoms with van der Waals surface area (Å²) in [6.45, 7) is 0. The fraction of sp³-hybridized carbons (Fsp3) is 0. The number of rotatable bonds is 2. The van der Waals surface area contributed by atoms with Crippen molar-refractivity contribution in [3.05, 3.63) is 170 Å². The molecule has 0 aliphatic heterocycles. The van der Waals surface area contributed by atoms with Crippen LogP contribution in [0.15, 0.2) is 174 Å². The van der Waals surface area contributed by atoms with Crippen molar-refractivity contribution in [2.45, 2.75) is 0 Å². The zero-order valence-corrected chi connectivity index (χ0v) is 27.6. The molecule has 12 aromatic rings. The molecule has 0 radical (unpaired) electrons. The van der Waals surface area contributed by atoms with Crippen molar-refractivity contribution < 1.29 is 4.42 Å². The molecule has 0 aliphatic rings. The zero-order chi connectivity index (χ0) is 33.2. The van der Waals surface area contributed by atoms with Gasteiger partial charge in [-0.25, -0.2) is 0 Å². The fourth-order valence-electron chi connectivity index (χ4n) is 9.07. The molecule has 0 fully saturated rings. The summed E-state index contributed by atoms with van der Waals surface area (Å²) in [5.41, 5.74) is 6.54. The van der Waals surface area contributed by atoms with Crippen LogP contribution >= 0.6 is 0 Å². The van der Waals surface area contributed by atoms with Gasteiger partial charge in [-0.3, -0.25) is 0 Å². The van der Waals surface area contributed by atoms with Crippen LogP contribution in [-0.2, 0) is 0 Å². The van der Waals surface area contributed by atoms with E-state index < -0.39 is 0 Å². The minimum atomic E-state index is 0.909. The maximum absolute atomic E-state index is 7.06. The summed E-state index contributed by atoms with van der Waals surface area (Å²) in [4.78, 5) is 0. The quantitative estimate of drug-likeness (QED) is 0.171. The number of fused-ring (bicyclic) bond motifs is 9. The van der Waals surface area contributed by atoms with Gasteiger partial charge >= 0.3 is 0 Å². The van der Waals surface area contributed by atoms with E-state index in [1.54, 1.807) is 0 Å². The van der Waals surface area contributed by atoms with Gasteiger partial charge in [0.2, 0.25) is 0 Å². The molecule has 51 heavy (non-hydrogen) atoms. The van der Waals surface area contributed by atoms with Crippen molar-refractivity contribution in [1.82, 2.24) is 0 Å². The first-order valence-corrected chi connectivity index (χ1v) is 17.7. The third-order valence-electron chi connectivity index (χ3n) is 11.3. The second-order valence-corrected chi connectivity index (χ2v) is 14.0. The van der Waals surface area contributed by atoms with Gasteiger partial charge in [0.25, 0.3) is 0 Å². The second kappa shape index (κ2) is 9.94. The van der Waals surface area contributed by atoms with Gasteiger partial charge in [0, 0.05) is 16.3 Å². The number of furan rings is 1. The lowest BCUT2D eigenvalue weighted by atomic mass is 9.86. The molecule has 0 saturated carbocycles. The molecule has 1 nitrogen and oxygen atoms in total. The Bertz CT molecular complexity index is 3400. The molecule has 1 aromatic heterocycles. The molecule has 234 valence electrons. The first kappa shape index (κ1) is 27.2. The van der Waals surface area contributed by atoms with E-state index in [1.165, 1.54) is 92.1 Å². The van der Waals surface area contributed by atoms with Gasteiger partial charge in [-0.2, -0.15) is 0 Å². The highest BCUT2D eigenvalue weighted by molar-refractivity contribution is 6.29. The third kappa shape index (κ3) is 3.70. The molecule has 0 unspecified atom stereocenters. The third-order valence-corrected chi connectivity index (χ3v) is 11.3. The van der Waals surface area contributed by atoms with E-state index in [2.05, 4.69) is 170 Å². The molecule has 0 aliphatic carbocycles. The van der Waals surface area contributed by atoms with Crippen LogP contribution in [0.4, 0.5) is 0 Å². The minimum Gasteiger partial charge on any atom is -0.455 e. The molecular weight excluding hydrogens is 617 g/mol. The lowest BCUT2D eigenvalue weighted by Crippen LogP contribution is -1.90. The molecule has 0 saturated heterocycles. The van der Waals surface area contributed by atoms with E-state index in [4.69, 9.17) is 4.42 Å². The molecule has 0 bridgehead atoms. The second-order valence-electron chi connectivity index (χ2n) is 14.0. The number of hydrogen-bond donors (Lipinski definition) is 0. The topological polar surface area (TPSA) is 13.1 Å². The van der Waals surface area contributed by atoms with Crippen molar-refractivity contribution in [3.8, 4) is 22.3 Å². The summed E-state index contributed by atoms with van der Waals surface area (Å²) in [5.74, 6) is 0. The minimum absolute atomic E-state index is 0.909. The van der Waals surface area contributed by atoms with E-state index in [9.17, 15) is 0 Å². The molecule has 11 aromatic carbocycles. The van der Waals surface area contributed by atoms with E-state index >= 15 is 0 Å². The smallest absolute Gasteiger partial charge is 0.143 e.